The van der Waals surface area contributed by atoms with Gasteiger partial charge < -0.3 is 5.32 Å². The highest BCUT2D eigenvalue weighted by molar-refractivity contribution is 7.11. The highest BCUT2D eigenvalue weighted by atomic mass is 32.1. The fraction of sp³-hybridized carbons (Fsp3) is 0.857. The van der Waals surface area contributed by atoms with Gasteiger partial charge in [-0.05, 0) is 56.9 Å². The smallest absolute Gasteiger partial charge is 0.120 e. The molecular formula is C14H21N3S. The standard InChI is InChI=1S/C14H21N3S/c1(5-15-12-3-4-12)2-13-16-17-14(18-13)11-7-9-6-10(9)8-11/h9-12,15H,1-8H2. The van der Waals surface area contributed by atoms with Crippen LogP contribution in [0.3, 0.4) is 0 Å². The minimum atomic E-state index is 0.754. The first-order valence-electron chi connectivity index (χ1n) is 7.44. The summed E-state index contributed by atoms with van der Waals surface area (Å²) < 4.78 is 0. The summed E-state index contributed by atoms with van der Waals surface area (Å²) >= 11 is 1.88. The lowest BCUT2D eigenvalue weighted by Gasteiger charge is -2.05. The molecule has 4 rings (SSSR count). The monoisotopic (exact) mass is 263 g/mol. The van der Waals surface area contributed by atoms with Crippen molar-refractivity contribution in [3.05, 3.63) is 10.0 Å². The van der Waals surface area contributed by atoms with Gasteiger partial charge in [0.25, 0.3) is 0 Å². The molecule has 1 N–H and O–H groups in total. The minimum absolute atomic E-state index is 0.754. The van der Waals surface area contributed by atoms with E-state index in [2.05, 4.69) is 15.5 Å². The van der Waals surface area contributed by atoms with E-state index in [4.69, 9.17) is 0 Å². The molecule has 0 aliphatic heterocycles. The molecular weight excluding hydrogens is 242 g/mol. The minimum Gasteiger partial charge on any atom is -0.314 e. The average Bonchev–Trinajstić information content (AvgIpc) is 3.26. The molecule has 1 aromatic rings. The summed E-state index contributed by atoms with van der Waals surface area (Å²) in [6.45, 7) is 1.15. The fourth-order valence-corrected chi connectivity index (χ4v) is 4.29. The van der Waals surface area contributed by atoms with Crippen molar-refractivity contribution in [2.24, 2.45) is 11.8 Å². The van der Waals surface area contributed by atoms with Crippen molar-refractivity contribution in [2.75, 3.05) is 6.54 Å². The predicted octanol–water partition coefficient (Wildman–Crippen LogP) is 2.74. The summed E-state index contributed by atoms with van der Waals surface area (Å²) in [6, 6.07) is 0.834. The summed E-state index contributed by atoms with van der Waals surface area (Å²) in [5.41, 5.74) is 0. The van der Waals surface area contributed by atoms with Crippen LogP contribution in [0.15, 0.2) is 0 Å². The van der Waals surface area contributed by atoms with E-state index in [1.807, 2.05) is 11.3 Å². The van der Waals surface area contributed by atoms with E-state index in [0.29, 0.717) is 0 Å². The van der Waals surface area contributed by atoms with Gasteiger partial charge in [-0.1, -0.05) is 0 Å². The van der Waals surface area contributed by atoms with E-state index in [1.165, 1.54) is 48.5 Å². The summed E-state index contributed by atoms with van der Waals surface area (Å²) in [5, 5.41) is 14.9. The number of aryl methyl sites for hydroxylation is 1. The molecule has 0 spiro atoms. The first-order chi connectivity index (χ1) is 8.88. The van der Waals surface area contributed by atoms with Crippen LogP contribution in [-0.4, -0.2) is 22.8 Å². The lowest BCUT2D eigenvalue weighted by molar-refractivity contribution is 0.613. The Morgan fingerprint density at radius 2 is 1.94 bits per heavy atom. The third-order valence-electron chi connectivity index (χ3n) is 4.65. The van der Waals surface area contributed by atoms with Crippen molar-refractivity contribution in [1.82, 2.24) is 15.5 Å². The number of nitrogens with zero attached hydrogens (tertiary/aromatic N) is 2. The topological polar surface area (TPSA) is 37.8 Å². The lowest BCUT2D eigenvalue weighted by Crippen LogP contribution is -2.17. The van der Waals surface area contributed by atoms with Crippen LogP contribution in [0, 0.1) is 11.8 Å². The van der Waals surface area contributed by atoms with Gasteiger partial charge in [0, 0.05) is 18.4 Å². The van der Waals surface area contributed by atoms with Crippen molar-refractivity contribution in [1.29, 1.82) is 0 Å². The molecule has 0 bridgehead atoms. The number of fused-ring (bicyclic) bond motifs is 1. The summed E-state index contributed by atoms with van der Waals surface area (Å²) in [4.78, 5) is 0. The molecule has 3 aliphatic carbocycles. The normalized spacial score (nSPS) is 33.7. The summed E-state index contributed by atoms with van der Waals surface area (Å²) in [7, 11) is 0. The molecule has 0 saturated heterocycles. The largest absolute Gasteiger partial charge is 0.314 e. The average molecular weight is 263 g/mol. The van der Waals surface area contributed by atoms with Crippen LogP contribution >= 0.6 is 11.3 Å². The van der Waals surface area contributed by atoms with Gasteiger partial charge in [0.2, 0.25) is 0 Å². The van der Waals surface area contributed by atoms with Gasteiger partial charge in [-0.15, -0.1) is 21.5 Å². The first-order valence-corrected chi connectivity index (χ1v) is 8.26. The zero-order chi connectivity index (χ0) is 11.9. The maximum absolute atomic E-state index is 4.43. The van der Waals surface area contributed by atoms with Crippen molar-refractivity contribution < 1.29 is 0 Å². The Balaban J connectivity index is 1.25. The number of hydrogen-bond acceptors (Lipinski definition) is 4. The number of aromatic nitrogens is 2. The molecule has 3 saturated carbocycles. The molecule has 0 amide bonds. The van der Waals surface area contributed by atoms with Crippen LogP contribution in [-0.2, 0) is 6.42 Å². The van der Waals surface area contributed by atoms with Crippen LogP contribution in [0.5, 0.6) is 0 Å². The second-order valence-corrected chi connectivity index (χ2v) is 7.38. The molecule has 3 aliphatic rings. The zero-order valence-electron chi connectivity index (χ0n) is 10.8. The Labute approximate surface area is 112 Å². The van der Waals surface area contributed by atoms with Crippen LogP contribution in [0.25, 0.3) is 0 Å². The van der Waals surface area contributed by atoms with Crippen LogP contribution in [0.2, 0.25) is 0 Å². The SMILES string of the molecule is C(CNC1CC1)Cc1nnc(C2CC3CC3C2)s1. The lowest BCUT2D eigenvalue weighted by atomic mass is 10.1. The van der Waals surface area contributed by atoms with Gasteiger partial charge >= 0.3 is 0 Å². The van der Waals surface area contributed by atoms with Gasteiger partial charge in [0.05, 0.1) is 0 Å². The zero-order valence-corrected chi connectivity index (χ0v) is 11.6. The molecule has 3 fully saturated rings. The molecule has 98 valence electrons. The van der Waals surface area contributed by atoms with Crippen molar-refractivity contribution in [3.63, 3.8) is 0 Å². The van der Waals surface area contributed by atoms with Crippen molar-refractivity contribution in [3.8, 4) is 0 Å². The fourth-order valence-electron chi connectivity index (χ4n) is 3.28. The number of nitrogens with one attached hydrogen (secondary N) is 1. The van der Waals surface area contributed by atoms with Crippen LogP contribution < -0.4 is 5.32 Å². The predicted molar refractivity (Wildman–Crippen MR) is 72.8 cm³/mol. The van der Waals surface area contributed by atoms with E-state index in [9.17, 15) is 0 Å². The quantitative estimate of drug-likeness (QED) is 0.802. The summed E-state index contributed by atoms with van der Waals surface area (Å²) in [5.74, 6) is 2.85. The van der Waals surface area contributed by atoms with Gasteiger partial charge in [0.15, 0.2) is 0 Å². The van der Waals surface area contributed by atoms with Crippen LogP contribution in [0.1, 0.15) is 54.5 Å². The van der Waals surface area contributed by atoms with Crippen molar-refractivity contribution >= 4 is 11.3 Å². The van der Waals surface area contributed by atoms with Gasteiger partial charge in [-0.25, -0.2) is 0 Å². The summed E-state index contributed by atoms with van der Waals surface area (Å²) in [6.07, 6.45) is 9.36. The number of rotatable bonds is 6. The van der Waals surface area contributed by atoms with Gasteiger partial charge in [-0.3, -0.25) is 0 Å². The van der Waals surface area contributed by atoms with E-state index < -0.39 is 0 Å². The van der Waals surface area contributed by atoms with E-state index in [-0.39, 0.29) is 0 Å². The molecule has 3 nitrogen and oxygen atoms in total. The molecule has 18 heavy (non-hydrogen) atoms. The molecule has 1 heterocycles. The molecule has 4 heteroatoms. The number of hydrogen-bond donors (Lipinski definition) is 1. The van der Waals surface area contributed by atoms with E-state index in [0.717, 1.165) is 36.8 Å². The maximum atomic E-state index is 4.43. The maximum Gasteiger partial charge on any atom is 0.120 e. The Kier molecular flexibility index (Phi) is 2.88. The second kappa shape index (κ2) is 4.57. The molecule has 0 aromatic carbocycles. The van der Waals surface area contributed by atoms with E-state index >= 15 is 0 Å². The third-order valence-corrected chi connectivity index (χ3v) is 5.80. The third kappa shape index (κ3) is 2.45. The molecule has 2 unspecified atom stereocenters. The second-order valence-electron chi connectivity index (χ2n) is 6.29. The van der Waals surface area contributed by atoms with Gasteiger partial charge in [0.1, 0.15) is 10.0 Å². The van der Waals surface area contributed by atoms with E-state index in [1.54, 1.807) is 0 Å². The van der Waals surface area contributed by atoms with Gasteiger partial charge in [-0.2, -0.15) is 0 Å². The van der Waals surface area contributed by atoms with Crippen molar-refractivity contribution in [2.45, 2.75) is 56.9 Å². The molecule has 2 atom stereocenters. The first kappa shape index (κ1) is 11.4. The van der Waals surface area contributed by atoms with Crippen LogP contribution in [0.4, 0.5) is 0 Å². The highest BCUT2D eigenvalue weighted by Crippen LogP contribution is 2.57. The Morgan fingerprint density at radius 3 is 2.72 bits per heavy atom. The highest BCUT2D eigenvalue weighted by Gasteiger charge is 2.47. The molecule has 1 aromatic heterocycles. The Hall–Kier alpha value is -0.480. The molecule has 0 radical (unpaired) electrons. The Morgan fingerprint density at radius 1 is 1.11 bits per heavy atom. The Bertz CT molecular complexity index is 416.